The largest absolute Gasteiger partial charge is 0.486 e. The van der Waals surface area contributed by atoms with Crippen molar-refractivity contribution < 1.29 is 14.6 Å². The lowest BCUT2D eigenvalue weighted by atomic mass is 9.80. The molecule has 21 heavy (non-hydrogen) atoms. The zero-order chi connectivity index (χ0) is 15.6. The van der Waals surface area contributed by atoms with Gasteiger partial charge in [0.05, 0.1) is 12.3 Å². The predicted octanol–water partition coefficient (Wildman–Crippen LogP) is 3.50. The Balaban J connectivity index is 2.18. The average molecular weight is 292 g/mol. The van der Waals surface area contributed by atoms with Crippen LogP contribution in [0, 0.1) is 11.8 Å². The standard InChI is InChI=1S/C16H24N2O3/c1-9(2)15-17-8-13(14(18-15)16(19)20)21-12-6-5-10(3)11(4)7-12/h8-12H,5-7H2,1-4H3,(H,19,20). The maximum Gasteiger partial charge on any atom is 0.358 e. The van der Waals surface area contributed by atoms with Crippen molar-refractivity contribution in [1.82, 2.24) is 9.97 Å². The molecular formula is C16H24N2O3. The lowest BCUT2D eigenvalue weighted by molar-refractivity contribution is 0.0665. The summed E-state index contributed by atoms with van der Waals surface area (Å²) in [7, 11) is 0. The van der Waals surface area contributed by atoms with Crippen LogP contribution in [-0.4, -0.2) is 27.1 Å². The van der Waals surface area contributed by atoms with Gasteiger partial charge in [-0.2, -0.15) is 0 Å². The number of aromatic carboxylic acids is 1. The first kappa shape index (κ1) is 15.7. The van der Waals surface area contributed by atoms with Gasteiger partial charge in [-0.25, -0.2) is 14.8 Å². The molecule has 3 unspecified atom stereocenters. The van der Waals surface area contributed by atoms with E-state index in [0.717, 1.165) is 19.3 Å². The Morgan fingerprint density at radius 3 is 2.62 bits per heavy atom. The lowest BCUT2D eigenvalue weighted by Crippen LogP contribution is -2.29. The van der Waals surface area contributed by atoms with Crippen LogP contribution in [0.4, 0.5) is 0 Å². The Hall–Kier alpha value is -1.65. The van der Waals surface area contributed by atoms with Gasteiger partial charge < -0.3 is 9.84 Å². The van der Waals surface area contributed by atoms with Crippen molar-refractivity contribution in [3.8, 4) is 5.75 Å². The molecule has 1 aromatic rings. The first-order valence-corrected chi connectivity index (χ1v) is 7.65. The van der Waals surface area contributed by atoms with E-state index in [1.807, 2.05) is 13.8 Å². The van der Waals surface area contributed by atoms with Gasteiger partial charge in [0.1, 0.15) is 5.82 Å². The molecular weight excluding hydrogens is 268 g/mol. The molecule has 1 aliphatic carbocycles. The van der Waals surface area contributed by atoms with Crippen molar-refractivity contribution in [3.63, 3.8) is 0 Å². The Labute approximate surface area is 125 Å². The van der Waals surface area contributed by atoms with Crippen LogP contribution in [-0.2, 0) is 0 Å². The molecule has 0 radical (unpaired) electrons. The van der Waals surface area contributed by atoms with Crippen LogP contribution < -0.4 is 4.74 Å². The SMILES string of the molecule is CC(C)c1ncc(OC2CCC(C)C(C)C2)c(C(=O)O)n1. The molecule has 2 rings (SSSR count). The van der Waals surface area contributed by atoms with Gasteiger partial charge in [0.25, 0.3) is 0 Å². The maximum absolute atomic E-state index is 11.4. The van der Waals surface area contributed by atoms with E-state index in [2.05, 4.69) is 23.8 Å². The molecule has 1 heterocycles. The molecule has 0 amide bonds. The van der Waals surface area contributed by atoms with E-state index in [0.29, 0.717) is 23.4 Å². The molecule has 116 valence electrons. The lowest BCUT2D eigenvalue weighted by Gasteiger charge is -2.32. The van der Waals surface area contributed by atoms with Crippen LogP contribution in [0.15, 0.2) is 6.20 Å². The summed E-state index contributed by atoms with van der Waals surface area (Å²) in [5.74, 6) is 1.14. The molecule has 5 nitrogen and oxygen atoms in total. The van der Waals surface area contributed by atoms with Gasteiger partial charge in [-0.1, -0.05) is 27.7 Å². The summed E-state index contributed by atoms with van der Waals surface area (Å²) in [6.07, 6.45) is 4.58. The first-order valence-electron chi connectivity index (χ1n) is 7.65. The van der Waals surface area contributed by atoms with E-state index in [1.165, 1.54) is 6.20 Å². The van der Waals surface area contributed by atoms with Crippen molar-refractivity contribution in [2.45, 2.75) is 59.0 Å². The topological polar surface area (TPSA) is 72.3 Å². The third kappa shape index (κ3) is 3.71. The van der Waals surface area contributed by atoms with Gasteiger partial charge in [-0.3, -0.25) is 0 Å². The third-order valence-electron chi connectivity index (χ3n) is 4.34. The maximum atomic E-state index is 11.4. The molecule has 1 saturated carbocycles. The number of ether oxygens (including phenoxy) is 1. The number of nitrogens with zero attached hydrogens (tertiary/aromatic N) is 2. The summed E-state index contributed by atoms with van der Waals surface area (Å²) >= 11 is 0. The molecule has 1 aromatic heterocycles. The fourth-order valence-electron chi connectivity index (χ4n) is 2.69. The van der Waals surface area contributed by atoms with Gasteiger partial charge in [0.2, 0.25) is 0 Å². The normalized spacial score (nSPS) is 25.9. The first-order chi connectivity index (χ1) is 9.88. The second-order valence-corrected chi connectivity index (χ2v) is 6.41. The molecule has 0 spiro atoms. The van der Waals surface area contributed by atoms with Gasteiger partial charge >= 0.3 is 5.97 Å². The van der Waals surface area contributed by atoms with E-state index in [4.69, 9.17) is 4.74 Å². The van der Waals surface area contributed by atoms with Crippen LogP contribution in [0.3, 0.4) is 0 Å². The number of carbonyl (C=O) groups is 1. The molecule has 1 aliphatic rings. The summed E-state index contributed by atoms with van der Waals surface area (Å²) in [5, 5.41) is 9.33. The van der Waals surface area contributed by atoms with E-state index in [-0.39, 0.29) is 17.7 Å². The van der Waals surface area contributed by atoms with Gasteiger partial charge in [0.15, 0.2) is 11.4 Å². The van der Waals surface area contributed by atoms with Gasteiger partial charge in [0, 0.05) is 5.92 Å². The quantitative estimate of drug-likeness (QED) is 0.919. The average Bonchev–Trinajstić information content (AvgIpc) is 2.43. The minimum atomic E-state index is -1.06. The fraction of sp³-hybridized carbons (Fsp3) is 0.688. The van der Waals surface area contributed by atoms with Crippen molar-refractivity contribution in [1.29, 1.82) is 0 Å². The third-order valence-corrected chi connectivity index (χ3v) is 4.34. The van der Waals surface area contributed by atoms with Crippen LogP contribution in [0.1, 0.15) is 69.2 Å². The highest BCUT2D eigenvalue weighted by atomic mass is 16.5. The van der Waals surface area contributed by atoms with E-state index in [9.17, 15) is 9.90 Å². The Bertz CT molecular complexity index is 516. The summed E-state index contributed by atoms with van der Waals surface area (Å²) in [6, 6.07) is 0. The monoisotopic (exact) mass is 292 g/mol. The molecule has 0 aliphatic heterocycles. The molecule has 0 bridgehead atoms. The highest BCUT2D eigenvalue weighted by Crippen LogP contribution is 2.32. The summed E-state index contributed by atoms with van der Waals surface area (Å²) < 4.78 is 5.90. The summed E-state index contributed by atoms with van der Waals surface area (Å²) in [6.45, 7) is 8.35. The number of hydrogen-bond acceptors (Lipinski definition) is 4. The fourth-order valence-corrected chi connectivity index (χ4v) is 2.69. The number of rotatable bonds is 4. The van der Waals surface area contributed by atoms with Crippen molar-refractivity contribution in [3.05, 3.63) is 17.7 Å². The number of hydrogen-bond donors (Lipinski definition) is 1. The molecule has 0 aromatic carbocycles. The van der Waals surface area contributed by atoms with Gasteiger partial charge in [-0.15, -0.1) is 0 Å². The smallest absolute Gasteiger partial charge is 0.358 e. The Morgan fingerprint density at radius 1 is 1.33 bits per heavy atom. The molecule has 1 N–H and O–H groups in total. The Kier molecular flexibility index (Phi) is 4.80. The second kappa shape index (κ2) is 6.41. The van der Waals surface area contributed by atoms with E-state index < -0.39 is 5.97 Å². The summed E-state index contributed by atoms with van der Waals surface area (Å²) in [4.78, 5) is 19.7. The number of aromatic nitrogens is 2. The predicted molar refractivity (Wildman–Crippen MR) is 79.7 cm³/mol. The number of carboxylic acid groups (broad SMARTS) is 1. The van der Waals surface area contributed by atoms with Crippen LogP contribution in [0.5, 0.6) is 5.75 Å². The zero-order valence-electron chi connectivity index (χ0n) is 13.2. The van der Waals surface area contributed by atoms with Crippen molar-refractivity contribution in [2.24, 2.45) is 11.8 Å². The second-order valence-electron chi connectivity index (χ2n) is 6.41. The summed E-state index contributed by atoms with van der Waals surface area (Å²) in [5.41, 5.74) is -0.0278. The molecule has 5 heteroatoms. The van der Waals surface area contributed by atoms with Crippen LogP contribution in [0.25, 0.3) is 0 Å². The minimum absolute atomic E-state index is 0.0278. The zero-order valence-corrected chi connectivity index (χ0v) is 13.2. The van der Waals surface area contributed by atoms with E-state index in [1.54, 1.807) is 0 Å². The molecule has 0 saturated heterocycles. The van der Waals surface area contributed by atoms with Crippen molar-refractivity contribution in [2.75, 3.05) is 0 Å². The van der Waals surface area contributed by atoms with Crippen LogP contribution >= 0.6 is 0 Å². The number of carboxylic acids is 1. The highest BCUT2D eigenvalue weighted by molar-refractivity contribution is 5.88. The van der Waals surface area contributed by atoms with E-state index >= 15 is 0 Å². The van der Waals surface area contributed by atoms with Crippen LogP contribution in [0.2, 0.25) is 0 Å². The molecule has 3 atom stereocenters. The highest BCUT2D eigenvalue weighted by Gasteiger charge is 2.27. The molecule has 1 fully saturated rings. The minimum Gasteiger partial charge on any atom is -0.486 e. The van der Waals surface area contributed by atoms with Crippen molar-refractivity contribution >= 4 is 5.97 Å². The Morgan fingerprint density at radius 2 is 2.05 bits per heavy atom. The van der Waals surface area contributed by atoms with Gasteiger partial charge in [-0.05, 0) is 31.1 Å².